The van der Waals surface area contributed by atoms with Gasteiger partial charge in [0.25, 0.3) is 5.91 Å². The Morgan fingerprint density at radius 2 is 1.81 bits per heavy atom. The Labute approximate surface area is 180 Å². The van der Waals surface area contributed by atoms with Gasteiger partial charge in [0, 0.05) is 25.1 Å². The standard InChI is InChI=1S/C23H22N4O3S/c1-15-4-5-18(12-22(15)31(3,29)30)23(28)25-13-19-10-17(8-9-24-19)16-6-7-21-20(11-16)26-14-27(21)2/h4-12,14H,13H2,1-3H3,(H,25,28). The summed E-state index contributed by atoms with van der Waals surface area (Å²) in [4.78, 5) is 21.5. The zero-order valence-corrected chi connectivity index (χ0v) is 18.3. The fraction of sp³-hybridized carbons (Fsp3) is 0.174. The number of hydrogen-bond acceptors (Lipinski definition) is 5. The van der Waals surface area contributed by atoms with Crippen molar-refractivity contribution in [2.45, 2.75) is 18.4 Å². The molecule has 31 heavy (non-hydrogen) atoms. The number of fused-ring (bicyclic) bond motifs is 1. The number of sulfone groups is 1. The normalized spacial score (nSPS) is 11.6. The number of aryl methyl sites for hydroxylation is 2. The number of nitrogens with one attached hydrogen (secondary N) is 1. The van der Waals surface area contributed by atoms with Gasteiger partial charge in [0.1, 0.15) is 0 Å². The lowest BCUT2D eigenvalue weighted by Gasteiger charge is -2.09. The van der Waals surface area contributed by atoms with E-state index in [-0.39, 0.29) is 17.3 Å². The maximum absolute atomic E-state index is 12.6. The highest BCUT2D eigenvalue weighted by molar-refractivity contribution is 7.90. The monoisotopic (exact) mass is 434 g/mol. The minimum Gasteiger partial charge on any atom is -0.346 e. The summed E-state index contributed by atoms with van der Waals surface area (Å²) in [6.45, 7) is 1.93. The van der Waals surface area contributed by atoms with E-state index < -0.39 is 9.84 Å². The fourth-order valence-corrected chi connectivity index (χ4v) is 4.48. The van der Waals surface area contributed by atoms with Gasteiger partial charge in [-0.1, -0.05) is 12.1 Å². The highest BCUT2D eigenvalue weighted by atomic mass is 32.2. The van der Waals surface area contributed by atoms with Gasteiger partial charge in [0.05, 0.1) is 34.5 Å². The average molecular weight is 435 g/mol. The molecule has 8 heteroatoms. The number of amides is 1. The molecule has 0 unspecified atom stereocenters. The Kier molecular flexibility index (Phi) is 5.32. The molecule has 0 spiro atoms. The summed E-state index contributed by atoms with van der Waals surface area (Å²) in [5.74, 6) is -0.355. The van der Waals surface area contributed by atoms with E-state index in [0.717, 1.165) is 28.4 Å². The van der Waals surface area contributed by atoms with Crippen LogP contribution in [0, 0.1) is 6.92 Å². The highest BCUT2D eigenvalue weighted by Crippen LogP contribution is 2.24. The summed E-state index contributed by atoms with van der Waals surface area (Å²) < 4.78 is 25.8. The molecule has 158 valence electrons. The zero-order valence-electron chi connectivity index (χ0n) is 17.5. The summed E-state index contributed by atoms with van der Waals surface area (Å²) in [5, 5.41) is 2.81. The summed E-state index contributed by atoms with van der Waals surface area (Å²) in [6, 6.07) is 14.6. The van der Waals surface area contributed by atoms with Crippen molar-refractivity contribution in [3.8, 4) is 11.1 Å². The van der Waals surface area contributed by atoms with Crippen LogP contribution in [0.4, 0.5) is 0 Å². The van der Waals surface area contributed by atoms with Crippen molar-refractivity contribution < 1.29 is 13.2 Å². The molecule has 2 aromatic carbocycles. The van der Waals surface area contributed by atoms with Crippen LogP contribution in [-0.2, 0) is 23.4 Å². The minimum absolute atomic E-state index is 0.158. The quantitative estimate of drug-likeness (QED) is 0.520. The number of nitrogens with zero attached hydrogens (tertiary/aromatic N) is 3. The van der Waals surface area contributed by atoms with Crippen LogP contribution in [0.5, 0.6) is 0 Å². The largest absolute Gasteiger partial charge is 0.346 e. The lowest BCUT2D eigenvalue weighted by Crippen LogP contribution is -2.23. The van der Waals surface area contributed by atoms with Crippen LogP contribution < -0.4 is 5.32 Å². The highest BCUT2D eigenvalue weighted by Gasteiger charge is 2.15. The van der Waals surface area contributed by atoms with E-state index in [1.807, 2.05) is 41.9 Å². The first-order valence-electron chi connectivity index (χ1n) is 9.67. The van der Waals surface area contributed by atoms with E-state index in [0.29, 0.717) is 16.8 Å². The number of aromatic nitrogens is 3. The maximum Gasteiger partial charge on any atom is 0.251 e. The van der Waals surface area contributed by atoms with Crippen molar-refractivity contribution in [3.63, 3.8) is 0 Å². The van der Waals surface area contributed by atoms with Gasteiger partial charge >= 0.3 is 0 Å². The predicted molar refractivity (Wildman–Crippen MR) is 119 cm³/mol. The summed E-state index contributed by atoms with van der Waals surface area (Å²) >= 11 is 0. The molecule has 0 aliphatic rings. The van der Waals surface area contributed by atoms with Crippen molar-refractivity contribution in [2.75, 3.05) is 6.26 Å². The summed E-state index contributed by atoms with van der Waals surface area (Å²) in [5.41, 5.74) is 5.55. The van der Waals surface area contributed by atoms with Gasteiger partial charge in [-0.05, 0) is 60.0 Å². The van der Waals surface area contributed by atoms with Gasteiger partial charge in [-0.25, -0.2) is 13.4 Å². The third-order valence-electron chi connectivity index (χ3n) is 5.16. The van der Waals surface area contributed by atoms with Crippen molar-refractivity contribution in [2.24, 2.45) is 7.05 Å². The van der Waals surface area contributed by atoms with Crippen LogP contribution in [0.2, 0.25) is 0 Å². The van der Waals surface area contributed by atoms with Gasteiger partial charge in [-0.3, -0.25) is 9.78 Å². The number of carbonyl (C=O) groups excluding carboxylic acids is 1. The molecule has 1 N–H and O–H groups in total. The van der Waals surface area contributed by atoms with Crippen molar-refractivity contribution in [3.05, 3.63) is 77.9 Å². The molecule has 0 saturated heterocycles. The van der Waals surface area contributed by atoms with Crippen molar-refractivity contribution in [1.82, 2.24) is 19.9 Å². The van der Waals surface area contributed by atoms with Crippen LogP contribution in [0.25, 0.3) is 22.2 Å². The SMILES string of the molecule is Cc1ccc(C(=O)NCc2cc(-c3ccc4c(c3)ncn4C)ccn2)cc1S(C)(=O)=O. The third kappa shape index (κ3) is 4.34. The van der Waals surface area contributed by atoms with Crippen molar-refractivity contribution >= 4 is 26.8 Å². The predicted octanol–water partition coefficient (Wildman–Crippen LogP) is 3.28. The Morgan fingerprint density at radius 3 is 2.58 bits per heavy atom. The molecule has 0 saturated carbocycles. The lowest BCUT2D eigenvalue weighted by atomic mass is 10.1. The molecule has 7 nitrogen and oxygen atoms in total. The van der Waals surface area contributed by atoms with Crippen molar-refractivity contribution in [1.29, 1.82) is 0 Å². The van der Waals surface area contributed by atoms with Crippen LogP contribution in [0.1, 0.15) is 21.6 Å². The zero-order chi connectivity index (χ0) is 22.2. The van der Waals surface area contributed by atoms with Gasteiger partial charge in [-0.15, -0.1) is 0 Å². The van der Waals surface area contributed by atoms with Crippen LogP contribution in [0.3, 0.4) is 0 Å². The van der Waals surface area contributed by atoms with Crippen LogP contribution in [-0.4, -0.2) is 35.1 Å². The topological polar surface area (TPSA) is 93.9 Å². The van der Waals surface area contributed by atoms with Gasteiger partial charge in [0.2, 0.25) is 0 Å². The number of hydrogen-bond donors (Lipinski definition) is 1. The van der Waals surface area contributed by atoms with Gasteiger partial charge in [-0.2, -0.15) is 0 Å². The smallest absolute Gasteiger partial charge is 0.251 e. The van der Waals surface area contributed by atoms with E-state index in [1.54, 1.807) is 31.6 Å². The van der Waals surface area contributed by atoms with E-state index >= 15 is 0 Å². The second-order valence-electron chi connectivity index (χ2n) is 7.53. The molecule has 2 heterocycles. The summed E-state index contributed by atoms with van der Waals surface area (Å²) in [6.07, 6.45) is 4.62. The molecule has 2 aromatic heterocycles. The average Bonchev–Trinajstić information content (AvgIpc) is 3.12. The lowest BCUT2D eigenvalue weighted by molar-refractivity contribution is 0.0950. The fourth-order valence-electron chi connectivity index (χ4n) is 3.48. The van der Waals surface area contributed by atoms with Crippen LogP contribution >= 0.6 is 0 Å². The molecule has 0 aliphatic carbocycles. The molecule has 0 aliphatic heterocycles. The number of pyridine rings is 1. The van der Waals surface area contributed by atoms with E-state index in [4.69, 9.17) is 0 Å². The molecule has 0 radical (unpaired) electrons. The minimum atomic E-state index is -3.41. The second kappa shape index (κ2) is 7.96. The Balaban J connectivity index is 1.52. The number of carbonyl (C=O) groups is 1. The second-order valence-corrected chi connectivity index (χ2v) is 9.51. The molecule has 0 fully saturated rings. The Bertz CT molecular complexity index is 1410. The molecular weight excluding hydrogens is 412 g/mol. The Morgan fingerprint density at radius 1 is 1.03 bits per heavy atom. The van der Waals surface area contributed by atoms with Gasteiger partial charge < -0.3 is 9.88 Å². The Hall–Kier alpha value is -3.52. The maximum atomic E-state index is 12.6. The first-order chi connectivity index (χ1) is 14.7. The van der Waals surface area contributed by atoms with Gasteiger partial charge in [0.15, 0.2) is 9.84 Å². The first-order valence-corrected chi connectivity index (χ1v) is 11.6. The molecule has 4 rings (SSSR count). The van der Waals surface area contributed by atoms with E-state index in [2.05, 4.69) is 15.3 Å². The summed E-state index contributed by atoms with van der Waals surface area (Å²) in [7, 11) is -1.45. The van der Waals surface area contributed by atoms with E-state index in [1.165, 1.54) is 6.07 Å². The molecule has 0 bridgehead atoms. The molecule has 0 atom stereocenters. The molecule has 4 aromatic rings. The van der Waals surface area contributed by atoms with Crippen LogP contribution in [0.15, 0.2) is 66.0 Å². The number of rotatable bonds is 5. The first kappa shape index (κ1) is 20.7. The third-order valence-corrected chi connectivity index (χ3v) is 6.39. The van der Waals surface area contributed by atoms with E-state index in [9.17, 15) is 13.2 Å². The molecular formula is C23H22N4O3S. The molecule has 1 amide bonds. The number of benzene rings is 2. The number of imidazole rings is 1.